The lowest BCUT2D eigenvalue weighted by molar-refractivity contribution is 0.352. The highest BCUT2D eigenvalue weighted by molar-refractivity contribution is 5.66. The van der Waals surface area contributed by atoms with Crippen LogP contribution in [0.25, 0.3) is 11.1 Å². The second-order valence-corrected chi connectivity index (χ2v) is 7.26. The minimum atomic E-state index is 0.204. The summed E-state index contributed by atoms with van der Waals surface area (Å²) in [6, 6.07) is 21.3. The predicted molar refractivity (Wildman–Crippen MR) is 116 cm³/mol. The summed E-state index contributed by atoms with van der Waals surface area (Å²) in [6.45, 7) is 0.942. The van der Waals surface area contributed by atoms with E-state index in [0.717, 1.165) is 42.2 Å². The summed E-state index contributed by atoms with van der Waals surface area (Å²) in [5.41, 5.74) is 6.12. The zero-order valence-electron chi connectivity index (χ0n) is 17.2. The second kappa shape index (κ2) is 8.58. The number of nitrogens with one attached hydrogen (secondary N) is 1. The number of hydrogen-bond acceptors (Lipinski definition) is 4. The number of benzene rings is 3. The molecule has 4 heteroatoms. The fourth-order valence-electron chi connectivity index (χ4n) is 4.09. The Bertz CT molecular complexity index is 985. The number of fused-ring (bicyclic) bond motifs is 1. The van der Waals surface area contributed by atoms with E-state index in [1.54, 1.807) is 21.3 Å². The quantitative estimate of drug-likeness (QED) is 0.657. The average Bonchev–Trinajstić information content (AvgIpc) is 2.79. The molecule has 1 aliphatic rings. The maximum Gasteiger partial charge on any atom is 0.161 e. The van der Waals surface area contributed by atoms with Crippen molar-refractivity contribution in [3.05, 3.63) is 77.4 Å². The van der Waals surface area contributed by atoms with Crippen LogP contribution < -0.4 is 19.5 Å². The van der Waals surface area contributed by atoms with E-state index in [9.17, 15) is 0 Å². The molecule has 4 nitrogen and oxygen atoms in total. The summed E-state index contributed by atoms with van der Waals surface area (Å²) < 4.78 is 16.8. The molecule has 0 spiro atoms. The van der Waals surface area contributed by atoms with Gasteiger partial charge in [0.05, 0.1) is 21.3 Å². The van der Waals surface area contributed by atoms with Crippen LogP contribution in [0.3, 0.4) is 0 Å². The van der Waals surface area contributed by atoms with Gasteiger partial charge in [-0.05, 0) is 65.4 Å². The molecule has 0 aromatic heterocycles. The molecule has 3 aromatic carbocycles. The van der Waals surface area contributed by atoms with Gasteiger partial charge in [-0.1, -0.05) is 42.5 Å². The Balaban J connectivity index is 1.65. The minimum absolute atomic E-state index is 0.204. The Morgan fingerprint density at radius 2 is 1.52 bits per heavy atom. The molecule has 0 saturated carbocycles. The van der Waals surface area contributed by atoms with Crippen LogP contribution in [-0.2, 0) is 12.8 Å². The fraction of sp³-hybridized carbons (Fsp3) is 0.280. The van der Waals surface area contributed by atoms with Crippen LogP contribution in [0.4, 0.5) is 0 Å². The third kappa shape index (κ3) is 3.94. The Labute approximate surface area is 172 Å². The molecule has 4 rings (SSSR count). The van der Waals surface area contributed by atoms with Crippen LogP contribution in [0.1, 0.15) is 22.7 Å². The molecule has 0 radical (unpaired) electrons. The molecule has 1 unspecified atom stereocenters. The summed E-state index contributed by atoms with van der Waals surface area (Å²) in [6.07, 6.45) is 1.83. The van der Waals surface area contributed by atoms with Crippen LogP contribution in [0.2, 0.25) is 0 Å². The first-order valence-electron chi connectivity index (χ1n) is 9.94. The molecule has 1 aliphatic heterocycles. The van der Waals surface area contributed by atoms with Crippen molar-refractivity contribution >= 4 is 0 Å². The lowest BCUT2D eigenvalue weighted by Crippen LogP contribution is -2.31. The molecule has 150 valence electrons. The number of methoxy groups -OCH3 is 3. The molecule has 0 saturated heterocycles. The molecular formula is C25H27NO3. The summed E-state index contributed by atoms with van der Waals surface area (Å²) in [5, 5.41) is 3.66. The summed E-state index contributed by atoms with van der Waals surface area (Å²) in [7, 11) is 5.10. The van der Waals surface area contributed by atoms with E-state index in [1.165, 1.54) is 22.3 Å². The largest absolute Gasteiger partial charge is 0.496 e. The van der Waals surface area contributed by atoms with E-state index < -0.39 is 0 Å². The highest BCUT2D eigenvalue weighted by atomic mass is 16.5. The predicted octanol–water partition coefficient (Wildman–Crippen LogP) is 4.81. The summed E-state index contributed by atoms with van der Waals surface area (Å²) in [4.78, 5) is 0. The van der Waals surface area contributed by atoms with Gasteiger partial charge in [0.25, 0.3) is 0 Å². The molecule has 1 heterocycles. The molecule has 0 bridgehead atoms. The molecule has 3 aromatic rings. The minimum Gasteiger partial charge on any atom is -0.496 e. The van der Waals surface area contributed by atoms with Gasteiger partial charge in [-0.25, -0.2) is 0 Å². The number of ether oxygens (including phenoxy) is 3. The van der Waals surface area contributed by atoms with Crippen LogP contribution in [0, 0.1) is 0 Å². The summed E-state index contributed by atoms with van der Waals surface area (Å²) in [5.74, 6) is 2.48. The lowest BCUT2D eigenvalue weighted by atomic mass is 9.89. The van der Waals surface area contributed by atoms with E-state index in [1.807, 2.05) is 6.07 Å². The molecule has 0 aliphatic carbocycles. The van der Waals surface area contributed by atoms with Crippen LogP contribution in [0.15, 0.2) is 60.7 Å². The molecular weight excluding hydrogens is 362 g/mol. The van der Waals surface area contributed by atoms with Gasteiger partial charge in [0.2, 0.25) is 0 Å². The molecule has 1 atom stereocenters. The zero-order chi connectivity index (χ0) is 20.2. The van der Waals surface area contributed by atoms with Gasteiger partial charge < -0.3 is 19.5 Å². The van der Waals surface area contributed by atoms with Gasteiger partial charge in [-0.2, -0.15) is 0 Å². The molecule has 1 N–H and O–H groups in total. The lowest BCUT2D eigenvalue weighted by Gasteiger charge is -2.29. The van der Waals surface area contributed by atoms with E-state index in [4.69, 9.17) is 14.2 Å². The fourth-order valence-corrected chi connectivity index (χ4v) is 4.09. The number of hydrogen-bond donors (Lipinski definition) is 1. The van der Waals surface area contributed by atoms with Crippen molar-refractivity contribution in [1.82, 2.24) is 5.32 Å². The Morgan fingerprint density at radius 3 is 2.24 bits per heavy atom. The normalized spacial score (nSPS) is 15.5. The summed E-state index contributed by atoms with van der Waals surface area (Å²) >= 11 is 0. The van der Waals surface area contributed by atoms with Crippen molar-refractivity contribution in [1.29, 1.82) is 0 Å². The van der Waals surface area contributed by atoms with Gasteiger partial charge in [0, 0.05) is 6.04 Å². The van der Waals surface area contributed by atoms with E-state index in [2.05, 4.69) is 59.9 Å². The first-order valence-corrected chi connectivity index (χ1v) is 9.94. The van der Waals surface area contributed by atoms with Crippen LogP contribution in [0.5, 0.6) is 17.2 Å². The first-order chi connectivity index (χ1) is 14.2. The van der Waals surface area contributed by atoms with Crippen LogP contribution >= 0.6 is 0 Å². The van der Waals surface area contributed by atoms with E-state index in [-0.39, 0.29) is 6.04 Å². The monoisotopic (exact) mass is 389 g/mol. The van der Waals surface area contributed by atoms with Crippen LogP contribution in [-0.4, -0.2) is 27.9 Å². The Morgan fingerprint density at radius 1 is 0.793 bits per heavy atom. The highest BCUT2D eigenvalue weighted by Crippen LogP contribution is 2.37. The molecule has 0 amide bonds. The molecule has 29 heavy (non-hydrogen) atoms. The number of rotatable bonds is 6. The van der Waals surface area contributed by atoms with Crippen molar-refractivity contribution in [3.8, 4) is 28.4 Å². The third-order valence-electron chi connectivity index (χ3n) is 5.62. The topological polar surface area (TPSA) is 39.7 Å². The van der Waals surface area contributed by atoms with Crippen molar-refractivity contribution in [3.63, 3.8) is 0 Å². The van der Waals surface area contributed by atoms with Crippen molar-refractivity contribution in [2.24, 2.45) is 0 Å². The van der Waals surface area contributed by atoms with Gasteiger partial charge in [0.1, 0.15) is 5.75 Å². The Hall–Kier alpha value is -2.98. The molecule has 0 fully saturated rings. The van der Waals surface area contributed by atoms with Crippen molar-refractivity contribution < 1.29 is 14.2 Å². The van der Waals surface area contributed by atoms with Gasteiger partial charge in [0.15, 0.2) is 11.5 Å². The smallest absolute Gasteiger partial charge is 0.161 e. The second-order valence-electron chi connectivity index (χ2n) is 7.26. The SMILES string of the molecule is COc1cc(-c2ccccc2)ccc1CC1NCCc2cc(OC)c(OC)cc21. The maximum atomic E-state index is 5.75. The average molecular weight is 389 g/mol. The van der Waals surface area contributed by atoms with E-state index >= 15 is 0 Å². The van der Waals surface area contributed by atoms with Crippen molar-refractivity contribution in [2.75, 3.05) is 27.9 Å². The third-order valence-corrected chi connectivity index (χ3v) is 5.62. The Kier molecular flexibility index (Phi) is 5.72. The van der Waals surface area contributed by atoms with Gasteiger partial charge in [-0.15, -0.1) is 0 Å². The van der Waals surface area contributed by atoms with Gasteiger partial charge in [-0.3, -0.25) is 0 Å². The zero-order valence-corrected chi connectivity index (χ0v) is 17.2. The highest BCUT2D eigenvalue weighted by Gasteiger charge is 2.24. The first kappa shape index (κ1) is 19.3. The van der Waals surface area contributed by atoms with E-state index in [0.29, 0.717) is 0 Å². The van der Waals surface area contributed by atoms with Crippen molar-refractivity contribution in [2.45, 2.75) is 18.9 Å². The maximum absolute atomic E-state index is 5.75. The standard InChI is InChI=1S/C25H27NO3/c1-27-23-14-18(17-7-5-4-6-8-17)9-10-20(23)13-22-21-16-25(29-3)24(28-2)15-19(21)11-12-26-22/h4-10,14-16,22,26H,11-13H2,1-3H3. The van der Waals surface area contributed by atoms with Gasteiger partial charge >= 0.3 is 0 Å².